The van der Waals surface area contributed by atoms with Crippen LogP contribution in [-0.2, 0) is 17.8 Å². The molecule has 0 radical (unpaired) electrons. The van der Waals surface area contributed by atoms with Gasteiger partial charge in [0.1, 0.15) is 0 Å². The molecule has 2 aromatic carbocycles. The van der Waals surface area contributed by atoms with Crippen molar-refractivity contribution in [2.45, 2.75) is 38.4 Å². The third kappa shape index (κ3) is 5.71. The number of aromatic amines is 1. The number of nitrogens with zero attached hydrogens (tertiary/aromatic N) is 3. The van der Waals surface area contributed by atoms with Crippen LogP contribution in [0.25, 0.3) is 11.0 Å². The summed E-state index contributed by atoms with van der Waals surface area (Å²) < 4.78 is 12.7. The van der Waals surface area contributed by atoms with Crippen LogP contribution in [0.3, 0.4) is 0 Å². The first kappa shape index (κ1) is 23.9. The van der Waals surface area contributed by atoms with Gasteiger partial charge in [-0.25, -0.2) is 9.59 Å². The Morgan fingerprint density at radius 3 is 2.53 bits per heavy atom. The Balaban J connectivity index is 1.09. The highest BCUT2D eigenvalue weighted by Gasteiger charge is 2.26. The molecule has 0 unspecified atom stereocenters. The summed E-state index contributed by atoms with van der Waals surface area (Å²) in [6.07, 6.45) is 5.39. The summed E-state index contributed by atoms with van der Waals surface area (Å²) in [5.41, 5.74) is 4.04. The molecule has 2 aromatic heterocycles. The van der Waals surface area contributed by atoms with Crippen LogP contribution in [0.4, 0.5) is 4.79 Å². The minimum Gasteiger partial charge on any atom is -0.472 e. The van der Waals surface area contributed by atoms with Crippen LogP contribution in [0.2, 0.25) is 0 Å². The Hall–Kier alpha value is -3.78. The summed E-state index contributed by atoms with van der Waals surface area (Å²) in [6, 6.07) is 20.1. The number of furan rings is 1. The highest BCUT2D eigenvalue weighted by Crippen LogP contribution is 2.25. The summed E-state index contributed by atoms with van der Waals surface area (Å²) in [7, 11) is 0. The Kier molecular flexibility index (Phi) is 7.52. The van der Waals surface area contributed by atoms with Crippen LogP contribution in [0.15, 0.2) is 82.4 Å². The molecule has 3 heterocycles. The van der Waals surface area contributed by atoms with Gasteiger partial charge in [0.2, 0.25) is 0 Å². The third-order valence-electron chi connectivity index (χ3n) is 6.79. The largest absolute Gasteiger partial charge is 0.472 e. The number of H-pyrrole nitrogens is 1. The van der Waals surface area contributed by atoms with Crippen LogP contribution in [-0.4, -0.2) is 51.7 Å². The van der Waals surface area contributed by atoms with Crippen molar-refractivity contribution in [1.29, 1.82) is 0 Å². The third-order valence-corrected chi connectivity index (χ3v) is 6.79. The van der Waals surface area contributed by atoms with Crippen molar-refractivity contribution >= 4 is 17.1 Å². The van der Waals surface area contributed by atoms with E-state index in [9.17, 15) is 9.59 Å². The second-order valence-electron chi connectivity index (χ2n) is 9.33. The van der Waals surface area contributed by atoms with Gasteiger partial charge < -0.3 is 19.0 Å². The summed E-state index contributed by atoms with van der Waals surface area (Å²) in [5, 5.41) is 0. The van der Waals surface area contributed by atoms with Crippen LogP contribution >= 0.6 is 0 Å². The zero-order valence-corrected chi connectivity index (χ0v) is 20.3. The standard InChI is InChI=1S/C28H32N4O4/c33-27-29-25-9-4-5-10-26(25)32(27)24-11-15-31(16-12-24)28(34)36-17-6-14-30(20-23-13-18-35-21-23)19-22-7-2-1-3-8-22/h1-5,7-10,13,18,21,24H,6,11-12,14-17,19-20H2,(H,29,33). The van der Waals surface area contributed by atoms with Crippen molar-refractivity contribution in [2.24, 2.45) is 0 Å². The number of likely N-dealkylation sites (tertiary alicyclic amines) is 1. The molecule has 0 spiro atoms. The molecule has 0 atom stereocenters. The van der Waals surface area contributed by atoms with Gasteiger partial charge in [-0.05, 0) is 43.0 Å². The van der Waals surface area contributed by atoms with Crippen LogP contribution < -0.4 is 5.69 Å². The number of imidazole rings is 1. The molecule has 1 fully saturated rings. The predicted molar refractivity (Wildman–Crippen MR) is 138 cm³/mol. The quantitative estimate of drug-likeness (QED) is 0.343. The monoisotopic (exact) mass is 488 g/mol. The number of fused-ring (bicyclic) bond motifs is 1. The van der Waals surface area contributed by atoms with Gasteiger partial charge in [0, 0.05) is 44.3 Å². The van der Waals surface area contributed by atoms with Crippen molar-refractivity contribution in [1.82, 2.24) is 19.4 Å². The van der Waals surface area contributed by atoms with Gasteiger partial charge in [0.05, 0.1) is 30.2 Å². The maximum Gasteiger partial charge on any atom is 0.409 e. The van der Waals surface area contributed by atoms with E-state index in [2.05, 4.69) is 22.0 Å². The normalized spacial score (nSPS) is 14.5. The number of carbonyl (C=O) groups is 1. The molecule has 4 aromatic rings. The topological polar surface area (TPSA) is 83.7 Å². The van der Waals surface area contributed by atoms with E-state index in [4.69, 9.17) is 9.15 Å². The van der Waals surface area contributed by atoms with Crippen molar-refractivity contribution in [2.75, 3.05) is 26.2 Å². The van der Waals surface area contributed by atoms with E-state index in [1.54, 1.807) is 17.4 Å². The minimum absolute atomic E-state index is 0.0761. The number of piperidine rings is 1. The number of para-hydroxylation sites is 2. The fourth-order valence-electron chi connectivity index (χ4n) is 4.98. The van der Waals surface area contributed by atoms with E-state index >= 15 is 0 Å². The van der Waals surface area contributed by atoms with Gasteiger partial charge in [-0.2, -0.15) is 0 Å². The zero-order chi connectivity index (χ0) is 24.7. The highest BCUT2D eigenvalue weighted by atomic mass is 16.6. The van der Waals surface area contributed by atoms with E-state index in [1.807, 2.05) is 53.1 Å². The Bertz CT molecular complexity index is 1300. The smallest absolute Gasteiger partial charge is 0.409 e. The predicted octanol–water partition coefficient (Wildman–Crippen LogP) is 4.79. The summed E-state index contributed by atoms with van der Waals surface area (Å²) in [6.45, 7) is 3.93. The van der Waals surface area contributed by atoms with Gasteiger partial charge in [-0.1, -0.05) is 42.5 Å². The number of rotatable bonds is 9. The molecule has 8 nitrogen and oxygen atoms in total. The lowest BCUT2D eigenvalue weighted by Gasteiger charge is -2.32. The first-order chi connectivity index (χ1) is 17.7. The fourth-order valence-corrected chi connectivity index (χ4v) is 4.98. The average Bonchev–Trinajstić information content (AvgIpc) is 3.54. The summed E-state index contributed by atoms with van der Waals surface area (Å²) in [5.74, 6) is 0. The molecule has 1 N–H and O–H groups in total. The van der Waals surface area contributed by atoms with E-state index < -0.39 is 0 Å². The number of amides is 1. The van der Waals surface area contributed by atoms with E-state index in [0.717, 1.165) is 55.5 Å². The summed E-state index contributed by atoms with van der Waals surface area (Å²) in [4.78, 5) is 32.2. The molecular formula is C28H32N4O4. The van der Waals surface area contributed by atoms with Gasteiger partial charge >= 0.3 is 11.8 Å². The van der Waals surface area contributed by atoms with E-state index in [-0.39, 0.29) is 17.8 Å². The first-order valence-corrected chi connectivity index (χ1v) is 12.6. The average molecular weight is 489 g/mol. The highest BCUT2D eigenvalue weighted by molar-refractivity contribution is 5.75. The zero-order valence-electron chi connectivity index (χ0n) is 20.3. The number of benzene rings is 2. The molecule has 5 rings (SSSR count). The van der Waals surface area contributed by atoms with Gasteiger partial charge in [-0.15, -0.1) is 0 Å². The molecule has 1 saturated heterocycles. The second-order valence-corrected chi connectivity index (χ2v) is 9.33. The van der Waals surface area contributed by atoms with Crippen molar-refractivity contribution in [3.05, 3.63) is 94.8 Å². The lowest BCUT2D eigenvalue weighted by molar-refractivity contribution is 0.0840. The molecular weight excluding hydrogens is 456 g/mol. The second kappa shape index (κ2) is 11.3. The first-order valence-electron chi connectivity index (χ1n) is 12.6. The van der Waals surface area contributed by atoms with Gasteiger partial charge in [0.25, 0.3) is 0 Å². The minimum atomic E-state index is -0.274. The molecule has 1 amide bonds. The number of carbonyl (C=O) groups excluding carboxylic acids is 1. The molecule has 0 saturated carbocycles. The SMILES string of the molecule is O=C(OCCCN(Cc1ccccc1)Cc1ccoc1)N1CCC(n2c(=O)[nH]c3ccccc32)CC1. The molecule has 0 aliphatic carbocycles. The fraction of sp³-hybridized carbons (Fsp3) is 0.357. The molecule has 1 aliphatic heterocycles. The van der Waals surface area contributed by atoms with Gasteiger partial charge in [0.15, 0.2) is 0 Å². The number of nitrogens with one attached hydrogen (secondary N) is 1. The number of hydrogen-bond acceptors (Lipinski definition) is 5. The Morgan fingerprint density at radius 2 is 1.75 bits per heavy atom. The van der Waals surface area contributed by atoms with Crippen LogP contribution in [0.5, 0.6) is 0 Å². The molecule has 188 valence electrons. The maximum atomic E-state index is 12.7. The Morgan fingerprint density at radius 1 is 1.00 bits per heavy atom. The maximum absolute atomic E-state index is 12.7. The van der Waals surface area contributed by atoms with Crippen LogP contribution in [0, 0.1) is 0 Å². The Labute approximate surface area is 210 Å². The van der Waals surface area contributed by atoms with E-state index in [0.29, 0.717) is 19.7 Å². The molecule has 8 heteroatoms. The summed E-state index contributed by atoms with van der Waals surface area (Å²) >= 11 is 0. The lowest BCUT2D eigenvalue weighted by Crippen LogP contribution is -2.41. The van der Waals surface area contributed by atoms with Crippen LogP contribution in [0.1, 0.15) is 36.4 Å². The number of aromatic nitrogens is 2. The van der Waals surface area contributed by atoms with Gasteiger partial charge in [-0.3, -0.25) is 9.47 Å². The number of ether oxygens (including phenoxy) is 1. The molecule has 36 heavy (non-hydrogen) atoms. The number of hydrogen-bond donors (Lipinski definition) is 1. The van der Waals surface area contributed by atoms with Crippen molar-refractivity contribution in [3.63, 3.8) is 0 Å². The molecule has 1 aliphatic rings. The molecule has 0 bridgehead atoms. The van der Waals surface area contributed by atoms with Crippen molar-refractivity contribution in [3.8, 4) is 0 Å². The lowest BCUT2D eigenvalue weighted by atomic mass is 10.0. The van der Waals surface area contributed by atoms with Crippen molar-refractivity contribution < 1.29 is 13.9 Å². The van der Waals surface area contributed by atoms with E-state index in [1.165, 1.54) is 5.56 Å².